The van der Waals surface area contributed by atoms with E-state index in [0.29, 0.717) is 29.4 Å². The molecule has 0 radical (unpaired) electrons. The average Bonchev–Trinajstić information content (AvgIpc) is 2.46. The van der Waals surface area contributed by atoms with E-state index in [4.69, 9.17) is 28.3 Å². The van der Waals surface area contributed by atoms with Crippen LogP contribution in [0.2, 0.25) is 10.0 Å². The van der Waals surface area contributed by atoms with E-state index >= 15 is 0 Å². The Labute approximate surface area is 132 Å². The van der Waals surface area contributed by atoms with Crippen molar-refractivity contribution in [3.05, 3.63) is 33.8 Å². The van der Waals surface area contributed by atoms with Crippen molar-refractivity contribution in [3.8, 4) is 0 Å². The van der Waals surface area contributed by atoms with E-state index in [1.165, 1.54) is 4.90 Å². The maximum absolute atomic E-state index is 12.1. The summed E-state index contributed by atoms with van der Waals surface area (Å²) in [6.07, 6.45) is 1.31. The van der Waals surface area contributed by atoms with Gasteiger partial charge in [-0.2, -0.15) is 0 Å². The first-order valence-electron chi connectivity index (χ1n) is 6.67. The fraction of sp³-hybridized carbons (Fsp3) is 0.429. The first kappa shape index (κ1) is 15.9. The molecule has 0 saturated carbocycles. The second-order valence-corrected chi connectivity index (χ2v) is 5.86. The minimum Gasteiger partial charge on any atom is -0.481 e. The van der Waals surface area contributed by atoms with Crippen LogP contribution in [0.25, 0.3) is 0 Å². The number of aliphatic carboxylic acids is 1. The molecular weight excluding hydrogens is 315 g/mol. The van der Waals surface area contributed by atoms with Gasteiger partial charge in [0.25, 0.3) is 0 Å². The number of rotatable bonds is 3. The van der Waals surface area contributed by atoms with Crippen molar-refractivity contribution in [2.45, 2.75) is 19.4 Å². The van der Waals surface area contributed by atoms with Gasteiger partial charge in [0.15, 0.2) is 0 Å². The third-order valence-electron chi connectivity index (χ3n) is 3.50. The zero-order valence-electron chi connectivity index (χ0n) is 11.3. The lowest BCUT2D eigenvalue weighted by Crippen LogP contribution is -2.46. The third-order valence-corrected chi connectivity index (χ3v) is 4.09. The summed E-state index contributed by atoms with van der Waals surface area (Å²) in [5.74, 6) is -1.34. The number of likely N-dealkylation sites (tertiary alicyclic amines) is 1. The Bertz CT molecular complexity index is 551. The normalized spacial score (nSPS) is 18.4. The average molecular weight is 331 g/mol. The number of carbonyl (C=O) groups is 2. The summed E-state index contributed by atoms with van der Waals surface area (Å²) in [7, 11) is 0. The third kappa shape index (κ3) is 4.25. The standard InChI is InChI=1S/C14H16Cl2N2O3/c15-11-4-3-9(12(16)6-11)7-17-14(21)18-5-1-2-10(8-18)13(19)20/h3-4,6,10H,1-2,5,7-8H2,(H,17,21)(H,19,20). The monoisotopic (exact) mass is 330 g/mol. The molecule has 1 fully saturated rings. The largest absolute Gasteiger partial charge is 0.481 e. The van der Waals surface area contributed by atoms with Gasteiger partial charge in [-0.3, -0.25) is 4.79 Å². The Kier molecular flexibility index (Phi) is 5.31. The first-order valence-corrected chi connectivity index (χ1v) is 7.42. The Morgan fingerprint density at radius 2 is 2.14 bits per heavy atom. The second-order valence-electron chi connectivity index (χ2n) is 5.02. The highest BCUT2D eigenvalue weighted by atomic mass is 35.5. The van der Waals surface area contributed by atoms with E-state index in [9.17, 15) is 9.59 Å². The van der Waals surface area contributed by atoms with Gasteiger partial charge in [-0.25, -0.2) is 4.79 Å². The predicted molar refractivity (Wildman–Crippen MR) is 80.6 cm³/mol. The van der Waals surface area contributed by atoms with Gasteiger partial charge in [-0.1, -0.05) is 29.3 Å². The van der Waals surface area contributed by atoms with Crippen LogP contribution in [0, 0.1) is 5.92 Å². The van der Waals surface area contributed by atoms with Crippen LogP contribution in [0.5, 0.6) is 0 Å². The molecule has 1 aromatic carbocycles. The maximum atomic E-state index is 12.1. The number of halogens is 2. The lowest BCUT2D eigenvalue weighted by molar-refractivity contribution is -0.143. The number of amides is 2. The van der Waals surface area contributed by atoms with Gasteiger partial charge in [0.1, 0.15) is 0 Å². The second kappa shape index (κ2) is 7.00. The molecule has 0 aliphatic carbocycles. The SMILES string of the molecule is O=C(O)C1CCCN(C(=O)NCc2ccc(Cl)cc2Cl)C1. The number of hydrogen-bond acceptors (Lipinski definition) is 2. The Balaban J connectivity index is 1.90. The van der Waals surface area contributed by atoms with Crippen LogP contribution >= 0.6 is 23.2 Å². The predicted octanol–water partition coefficient (Wildman–Crippen LogP) is 3.00. The summed E-state index contributed by atoms with van der Waals surface area (Å²) >= 11 is 11.8. The van der Waals surface area contributed by atoms with Crippen molar-refractivity contribution >= 4 is 35.2 Å². The lowest BCUT2D eigenvalue weighted by Gasteiger charge is -2.30. The molecule has 0 spiro atoms. The smallest absolute Gasteiger partial charge is 0.317 e. The maximum Gasteiger partial charge on any atom is 0.317 e. The summed E-state index contributed by atoms with van der Waals surface area (Å²) in [6, 6.07) is 4.80. The number of nitrogens with zero attached hydrogens (tertiary/aromatic N) is 1. The summed E-state index contributed by atoms with van der Waals surface area (Å²) in [6.45, 7) is 1.10. The fourth-order valence-electron chi connectivity index (χ4n) is 2.31. The Hall–Kier alpha value is -1.46. The molecule has 2 rings (SSSR count). The van der Waals surface area contributed by atoms with Gasteiger partial charge >= 0.3 is 12.0 Å². The number of carbonyl (C=O) groups excluding carboxylic acids is 1. The summed E-state index contributed by atoms with van der Waals surface area (Å²) in [4.78, 5) is 24.6. The van der Waals surface area contributed by atoms with E-state index < -0.39 is 11.9 Å². The number of urea groups is 1. The molecule has 1 aromatic rings. The number of piperidine rings is 1. The number of nitrogens with one attached hydrogen (secondary N) is 1. The van der Waals surface area contributed by atoms with E-state index in [1.807, 2.05) is 0 Å². The van der Waals surface area contributed by atoms with Gasteiger partial charge in [0.2, 0.25) is 0 Å². The summed E-state index contributed by atoms with van der Waals surface area (Å²) in [5, 5.41) is 12.8. The summed E-state index contributed by atoms with van der Waals surface area (Å²) in [5.41, 5.74) is 0.765. The topological polar surface area (TPSA) is 69.6 Å². The molecule has 1 unspecified atom stereocenters. The molecule has 0 aromatic heterocycles. The molecule has 1 atom stereocenters. The molecule has 1 saturated heterocycles. The molecule has 1 aliphatic rings. The Morgan fingerprint density at radius 3 is 2.81 bits per heavy atom. The van der Waals surface area contributed by atoms with E-state index in [0.717, 1.165) is 5.56 Å². The summed E-state index contributed by atoms with van der Waals surface area (Å²) < 4.78 is 0. The van der Waals surface area contributed by atoms with Gasteiger partial charge in [0.05, 0.1) is 5.92 Å². The number of carboxylic acid groups (broad SMARTS) is 1. The van der Waals surface area contributed by atoms with Crippen LogP contribution in [0.4, 0.5) is 4.79 Å². The lowest BCUT2D eigenvalue weighted by atomic mass is 9.99. The zero-order chi connectivity index (χ0) is 15.4. The van der Waals surface area contributed by atoms with Crippen molar-refractivity contribution in [2.24, 2.45) is 5.92 Å². The highest BCUT2D eigenvalue weighted by Gasteiger charge is 2.27. The molecule has 1 aliphatic heterocycles. The van der Waals surface area contributed by atoms with Crippen LogP contribution in [0.1, 0.15) is 18.4 Å². The first-order chi connectivity index (χ1) is 9.97. The minimum absolute atomic E-state index is 0.246. The number of hydrogen-bond donors (Lipinski definition) is 2. The van der Waals surface area contributed by atoms with Crippen LogP contribution in [0.15, 0.2) is 18.2 Å². The number of benzene rings is 1. The highest BCUT2D eigenvalue weighted by Crippen LogP contribution is 2.21. The van der Waals surface area contributed by atoms with Crippen LogP contribution < -0.4 is 5.32 Å². The minimum atomic E-state index is -0.853. The molecule has 114 valence electrons. The highest BCUT2D eigenvalue weighted by molar-refractivity contribution is 6.35. The fourth-order valence-corrected chi connectivity index (χ4v) is 2.79. The van der Waals surface area contributed by atoms with Crippen molar-refractivity contribution in [1.82, 2.24) is 10.2 Å². The van der Waals surface area contributed by atoms with Crippen molar-refractivity contribution in [3.63, 3.8) is 0 Å². The number of carboxylic acids is 1. The van der Waals surface area contributed by atoms with Crippen molar-refractivity contribution in [2.75, 3.05) is 13.1 Å². The molecule has 1 heterocycles. The van der Waals surface area contributed by atoms with E-state index in [1.54, 1.807) is 18.2 Å². The Morgan fingerprint density at radius 1 is 1.38 bits per heavy atom. The van der Waals surface area contributed by atoms with Gasteiger partial charge in [-0.05, 0) is 30.5 Å². The zero-order valence-corrected chi connectivity index (χ0v) is 12.8. The molecule has 21 heavy (non-hydrogen) atoms. The van der Waals surface area contributed by atoms with Crippen LogP contribution in [0.3, 0.4) is 0 Å². The van der Waals surface area contributed by atoms with Gasteiger partial charge in [0, 0.05) is 29.7 Å². The van der Waals surface area contributed by atoms with E-state index in [2.05, 4.69) is 5.32 Å². The molecular formula is C14H16Cl2N2O3. The van der Waals surface area contributed by atoms with Crippen LogP contribution in [-0.4, -0.2) is 35.1 Å². The molecule has 2 N–H and O–H groups in total. The van der Waals surface area contributed by atoms with Crippen molar-refractivity contribution < 1.29 is 14.7 Å². The van der Waals surface area contributed by atoms with Crippen LogP contribution in [-0.2, 0) is 11.3 Å². The molecule has 7 heteroatoms. The molecule has 5 nitrogen and oxygen atoms in total. The quantitative estimate of drug-likeness (QED) is 0.894. The van der Waals surface area contributed by atoms with E-state index in [-0.39, 0.29) is 19.1 Å². The van der Waals surface area contributed by atoms with Gasteiger partial charge in [-0.15, -0.1) is 0 Å². The molecule has 0 bridgehead atoms. The van der Waals surface area contributed by atoms with Crippen molar-refractivity contribution in [1.29, 1.82) is 0 Å². The molecule has 2 amide bonds. The van der Waals surface area contributed by atoms with Gasteiger partial charge < -0.3 is 15.3 Å².